The maximum absolute atomic E-state index is 13.1. The first kappa shape index (κ1) is 18.0. The smallest absolute Gasteiger partial charge is 0.306 e. The zero-order chi connectivity index (χ0) is 18.0. The van der Waals surface area contributed by atoms with E-state index in [-0.39, 0.29) is 23.8 Å². The molecule has 1 aliphatic heterocycles. The second kappa shape index (κ2) is 7.63. The molecule has 2 aliphatic rings. The minimum atomic E-state index is -0.724. The van der Waals surface area contributed by atoms with Gasteiger partial charge in [-0.25, -0.2) is 0 Å². The van der Waals surface area contributed by atoms with Crippen molar-refractivity contribution in [3.8, 4) is 0 Å². The van der Waals surface area contributed by atoms with Gasteiger partial charge in [-0.05, 0) is 56.6 Å². The fourth-order valence-electron chi connectivity index (χ4n) is 4.26. The fourth-order valence-corrected chi connectivity index (χ4v) is 4.26. The number of carboxylic acids is 1. The molecule has 5 heteroatoms. The molecule has 2 atom stereocenters. The average molecular weight is 347 g/mol. The highest BCUT2D eigenvalue weighted by Crippen LogP contribution is 2.38. The van der Waals surface area contributed by atoms with Crippen molar-refractivity contribution >= 4 is 11.9 Å². The third-order valence-corrected chi connectivity index (χ3v) is 5.93. The first-order valence-electron chi connectivity index (χ1n) is 9.61. The molecule has 2 fully saturated rings. The summed E-state index contributed by atoms with van der Waals surface area (Å²) in [6.07, 6.45) is 5.42. The van der Waals surface area contributed by atoms with E-state index in [0.717, 1.165) is 37.3 Å². The maximum atomic E-state index is 13.1. The van der Waals surface area contributed by atoms with Crippen molar-refractivity contribution in [1.82, 2.24) is 4.90 Å². The van der Waals surface area contributed by atoms with Crippen LogP contribution in [-0.2, 0) is 16.0 Å². The Labute approximate surface area is 149 Å². The van der Waals surface area contributed by atoms with E-state index in [1.165, 1.54) is 0 Å². The van der Waals surface area contributed by atoms with Gasteiger partial charge in [0.15, 0.2) is 0 Å². The maximum Gasteiger partial charge on any atom is 0.306 e. The van der Waals surface area contributed by atoms with Crippen molar-refractivity contribution in [3.63, 3.8) is 0 Å². The number of hydrogen-bond donors (Lipinski definition) is 1. The number of aryl methyl sites for hydroxylation is 1. The number of likely N-dealkylation sites (tertiary alicyclic amines) is 1. The summed E-state index contributed by atoms with van der Waals surface area (Å²) < 4.78 is 5.97. The molecule has 1 N–H and O–H groups in total. The van der Waals surface area contributed by atoms with E-state index in [1.807, 2.05) is 17.0 Å². The summed E-state index contributed by atoms with van der Waals surface area (Å²) in [7, 11) is 0. The molecule has 25 heavy (non-hydrogen) atoms. The summed E-state index contributed by atoms with van der Waals surface area (Å²) in [6.45, 7) is 5.07. The van der Waals surface area contributed by atoms with Gasteiger partial charge in [0.05, 0.1) is 12.0 Å². The van der Waals surface area contributed by atoms with Crippen LogP contribution in [0.4, 0.5) is 0 Å². The summed E-state index contributed by atoms with van der Waals surface area (Å²) in [6, 6.07) is 4.05. The quantitative estimate of drug-likeness (QED) is 0.892. The van der Waals surface area contributed by atoms with E-state index in [0.29, 0.717) is 31.6 Å². The van der Waals surface area contributed by atoms with Gasteiger partial charge in [-0.3, -0.25) is 9.59 Å². The van der Waals surface area contributed by atoms with Gasteiger partial charge >= 0.3 is 5.97 Å². The predicted octanol–water partition coefficient (Wildman–Crippen LogP) is 4.03. The standard InChI is InChI=1S/C20H29NO4/c1-3-16-8-9-18(25-16)17-12-13(2)10-11-21(17)19(22)14-4-6-15(7-5-14)20(23)24/h8-9,13-15,17H,3-7,10-12H2,1-2H3,(H,23,24). The van der Waals surface area contributed by atoms with Gasteiger partial charge in [-0.15, -0.1) is 0 Å². The molecule has 138 valence electrons. The Morgan fingerprint density at radius 3 is 2.44 bits per heavy atom. The first-order valence-corrected chi connectivity index (χ1v) is 9.61. The summed E-state index contributed by atoms with van der Waals surface area (Å²) in [5.41, 5.74) is 0. The molecule has 1 aromatic rings. The van der Waals surface area contributed by atoms with Gasteiger partial charge in [-0.2, -0.15) is 0 Å². The van der Waals surface area contributed by atoms with Crippen LogP contribution in [0.25, 0.3) is 0 Å². The van der Waals surface area contributed by atoms with Gasteiger partial charge in [-0.1, -0.05) is 13.8 Å². The molecule has 1 amide bonds. The number of nitrogens with zero attached hydrogens (tertiary/aromatic N) is 1. The Hall–Kier alpha value is -1.78. The first-order chi connectivity index (χ1) is 12.0. The Morgan fingerprint density at radius 1 is 1.16 bits per heavy atom. The summed E-state index contributed by atoms with van der Waals surface area (Å²) in [5, 5.41) is 9.15. The highest BCUT2D eigenvalue weighted by atomic mass is 16.4. The predicted molar refractivity (Wildman–Crippen MR) is 94.0 cm³/mol. The van der Waals surface area contributed by atoms with Crippen molar-refractivity contribution in [3.05, 3.63) is 23.7 Å². The number of furan rings is 1. The SMILES string of the molecule is CCc1ccc(C2CC(C)CCN2C(=O)C2CCC(C(=O)O)CC2)o1. The molecule has 3 rings (SSSR count). The monoisotopic (exact) mass is 347 g/mol. The number of carbonyl (C=O) groups is 2. The molecule has 0 radical (unpaired) electrons. The second-order valence-corrected chi connectivity index (χ2v) is 7.72. The molecule has 0 aromatic carbocycles. The zero-order valence-corrected chi connectivity index (χ0v) is 15.2. The third-order valence-electron chi connectivity index (χ3n) is 5.93. The van der Waals surface area contributed by atoms with Gasteiger partial charge in [0.2, 0.25) is 5.91 Å². The number of aliphatic carboxylic acids is 1. The van der Waals surface area contributed by atoms with Crippen LogP contribution < -0.4 is 0 Å². The average Bonchev–Trinajstić information content (AvgIpc) is 3.10. The van der Waals surface area contributed by atoms with Gasteiger partial charge in [0.1, 0.15) is 11.5 Å². The van der Waals surface area contributed by atoms with E-state index in [4.69, 9.17) is 9.52 Å². The molecule has 5 nitrogen and oxygen atoms in total. The van der Waals surface area contributed by atoms with Crippen LogP contribution in [0.2, 0.25) is 0 Å². The van der Waals surface area contributed by atoms with Gasteiger partial charge < -0.3 is 14.4 Å². The lowest BCUT2D eigenvalue weighted by molar-refractivity contribution is -0.147. The van der Waals surface area contributed by atoms with Crippen molar-refractivity contribution in [2.45, 2.75) is 64.8 Å². The lowest BCUT2D eigenvalue weighted by Crippen LogP contribution is -2.44. The lowest BCUT2D eigenvalue weighted by atomic mass is 9.80. The van der Waals surface area contributed by atoms with Crippen molar-refractivity contribution in [2.75, 3.05) is 6.54 Å². The molecule has 2 unspecified atom stereocenters. The second-order valence-electron chi connectivity index (χ2n) is 7.72. The van der Waals surface area contributed by atoms with Gasteiger partial charge in [0.25, 0.3) is 0 Å². The third kappa shape index (κ3) is 3.91. The van der Waals surface area contributed by atoms with Crippen LogP contribution in [0, 0.1) is 17.8 Å². The highest BCUT2D eigenvalue weighted by Gasteiger charge is 2.38. The normalized spacial score (nSPS) is 30.2. The van der Waals surface area contributed by atoms with Crippen molar-refractivity contribution in [2.24, 2.45) is 17.8 Å². The molecule has 1 aliphatic carbocycles. The molecular formula is C20H29NO4. The Bertz CT molecular complexity index is 615. The van der Waals surface area contributed by atoms with Crippen LogP contribution in [0.1, 0.15) is 69.9 Å². The van der Waals surface area contributed by atoms with Crippen molar-refractivity contribution < 1.29 is 19.1 Å². The van der Waals surface area contributed by atoms with Crippen molar-refractivity contribution in [1.29, 1.82) is 0 Å². The highest BCUT2D eigenvalue weighted by molar-refractivity contribution is 5.80. The molecular weight excluding hydrogens is 318 g/mol. The zero-order valence-electron chi connectivity index (χ0n) is 15.2. The van der Waals surface area contributed by atoms with Crippen LogP contribution in [0.15, 0.2) is 16.5 Å². The van der Waals surface area contributed by atoms with E-state index in [1.54, 1.807) is 0 Å². The number of amides is 1. The van der Waals surface area contributed by atoms with Crippen LogP contribution in [-0.4, -0.2) is 28.4 Å². The van der Waals surface area contributed by atoms with Crippen LogP contribution in [0.3, 0.4) is 0 Å². The molecule has 1 saturated carbocycles. The number of carboxylic acid groups (broad SMARTS) is 1. The van der Waals surface area contributed by atoms with E-state index in [9.17, 15) is 9.59 Å². The molecule has 2 heterocycles. The molecule has 1 saturated heterocycles. The topological polar surface area (TPSA) is 70.8 Å². The Morgan fingerprint density at radius 2 is 1.84 bits per heavy atom. The summed E-state index contributed by atoms with van der Waals surface area (Å²) in [5.74, 6) is 1.59. The molecule has 0 spiro atoms. The van der Waals surface area contributed by atoms with E-state index in [2.05, 4.69) is 13.8 Å². The van der Waals surface area contributed by atoms with Crippen LogP contribution >= 0.6 is 0 Å². The lowest BCUT2D eigenvalue weighted by Gasteiger charge is -2.40. The minimum absolute atomic E-state index is 0.0220. The van der Waals surface area contributed by atoms with Gasteiger partial charge in [0, 0.05) is 18.9 Å². The largest absolute Gasteiger partial charge is 0.481 e. The fraction of sp³-hybridized carbons (Fsp3) is 0.700. The minimum Gasteiger partial charge on any atom is -0.481 e. The number of carbonyl (C=O) groups excluding carboxylic acids is 1. The number of piperidine rings is 1. The molecule has 0 bridgehead atoms. The number of hydrogen-bond acceptors (Lipinski definition) is 3. The van der Waals surface area contributed by atoms with E-state index < -0.39 is 5.97 Å². The number of rotatable bonds is 4. The van der Waals surface area contributed by atoms with Crippen LogP contribution in [0.5, 0.6) is 0 Å². The summed E-state index contributed by atoms with van der Waals surface area (Å²) in [4.78, 5) is 26.3. The Kier molecular flexibility index (Phi) is 5.50. The Balaban J connectivity index is 1.72. The van der Waals surface area contributed by atoms with E-state index >= 15 is 0 Å². The summed E-state index contributed by atoms with van der Waals surface area (Å²) >= 11 is 0. The molecule has 1 aromatic heterocycles.